The lowest BCUT2D eigenvalue weighted by molar-refractivity contribution is -0.118. The maximum atomic E-state index is 11.8. The molecule has 5 nitrogen and oxygen atoms in total. The fraction of sp³-hybridized carbons (Fsp3) is 0.357. The molecule has 0 aliphatic carbocycles. The Hall–Kier alpha value is -1.66. The highest BCUT2D eigenvalue weighted by molar-refractivity contribution is 7.15. The molecule has 0 bridgehead atoms. The van der Waals surface area contributed by atoms with Crippen LogP contribution < -0.4 is 10.1 Å². The van der Waals surface area contributed by atoms with Crippen LogP contribution in [0.15, 0.2) is 24.3 Å². The van der Waals surface area contributed by atoms with E-state index in [0.717, 1.165) is 11.4 Å². The number of para-hydroxylation sites is 1. The van der Waals surface area contributed by atoms with Crippen LogP contribution in [0.2, 0.25) is 5.02 Å². The number of nitrogens with one attached hydrogen (secondary N) is 1. The summed E-state index contributed by atoms with van der Waals surface area (Å²) in [4.78, 5) is 11.8. The van der Waals surface area contributed by atoms with Gasteiger partial charge in [-0.1, -0.05) is 48.9 Å². The second-order valence-corrected chi connectivity index (χ2v) is 6.34. The van der Waals surface area contributed by atoms with E-state index in [-0.39, 0.29) is 12.5 Å². The van der Waals surface area contributed by atoms with Gasteiger partial charge in [0, 0.05) is 6.42 Å². The number of ether oxygens (including phenoxy) is 1. The Bertz CT molecular complexity index is 616. The summed E-state index contributed by atoms with van der Waals surface area (Å²) >= 11 is 7.32. The summed E-state index contributed by atoms with van der Waals surface area (Å²) in [6.45, 7) is 4.09. The van der Waals surface area contributed by atoms with Gasteiger partial charge >= 0.3 is 0 Å². The second kappa shape index (κ2) is 7.38. The van der Waals surface area contributed by atoms with E-state index in [9.17, 15) is 4.79 Å². The molecule has 1 aromatic carbocycles. The highest BCUT2D eigenvalue weighted by Gasteiger charge is 2.10. The van der Waals surface area contributed by atoms with E-state index in [1.165, 1.54) is 11.3 Å². The van der Waals surface area contributed by atoms with Crippen molar-refractivity contribution in [1.29, 1.82) is 0 Å². The van der Waals surface area contributed by atoms with Gasteiger partial charge in [-0.15, -0.1) is 10.2 Å². The minimum atomic E-state index is -0.290. The van der Waals surface area contributed by atoms with Crippen LogP contribution in [0.25, 0.3) is 0 Å². The Morgan fingerprint density at radius 2 is 2.14 bits per heavy atom. The molecular weight excluding hydrogens is 310 g/mol. The van der Waals surface area contributed by atoms with Gasteiger partial charge in [0.05, 0.1) is 5.02 Å². The molecule has 0 saturated carbocycles. The first-order valence-corrected chi connectivity index (χ1v) is 7.73. The van der Waals surface area contributed by atoms with E-state index in [4.69, 9.17) is 16.3 Å². The molecule has 0 saturated heterocycles. The molecule has 1 aromatic heterocycles. The number of carbonyl (C=O) groups excluding carboxylic acids is 1. The molecule has 7 heteroatoms. The third kappa shape index (κ3) is 4.99. The van der Waals surface area contributed by atoms with Gasteiger partial charge < -0.3 is 4.74 Å². The van der Waals surface area contributed by atoms with Gasteiger partial charge in [-0.25, -0.2) is 0 Å². The Kier molecular flexibility index (Phi) is 5.52. The molecule has 0 unspecified atom stereocenters. The smallest absolute Gasteiger partial charge is 0.264 e. The normalized spacial score (nSPS) is 10.7. The summed E-state index contributed by atoms with van der Waals surface area (Å²) in [5, 5.41) is 12.5. The number of hydrogen-bond acceptors (Lipinski definition) is 5. The first-order chi connectivity index (χ1) is 10.0. The number of nitrogens with zero attached hydrogens (tertiary/aromatic N) is 2. The van der Waals surface area contributed by atoms with E-state index in [0.29, 0.717) is 21.8 Å². The standard InChI is InChI=1S/C14H16ClN3O2S/c1-9(2)7-13-17-18-14(21-13)16-12(19)8-20-11-6-4-3-5-10(11)15/h3-6,9H,7-8H2,1-2H3,(H,16,18,19). The quantitative estimate of drug-likeness (QED) is 0.884. The molecule has 0 aliphatic rings. The predicted octanol–water partition coefficient (Wildman–Crippen LogP) is 3.41. The van der Waals surface area contributed by atoms with Crippen LogP contribution in [0, 0.1) is 5.92 Å². The van der Waals surface area contributed by atoms with E-state index >= 15 is 0 Å². The molecular formula is C14H16ClN3O2S. The van der Waals surface area contributed by atoms with E-state index in [1.807, 2.05) is 0 Å². The van der Waals surface area contributed by atoms with Gasteiger partial charge in [0.2, 0.25) is 5.13 Å². The average molecular weight is 326 g/mol. The number of hydrogen-bond donors (Lipinski definition) is 1. The Labute approximate surface area is 132 Å². The monoisotopic (exact) mass is 325 g/mol. The number of aromatic nitrogens is 2. The Balaban J connectivity index is 1.84. The molecule has 0 spiro atoms. The van der Waals surface area contributed by atoms with E-state index in [1.54, 1.807) is 24.3 Å². The zero-order valence-corrected chi connectivity index (χ0v) is 13.4. The minimum Gasteiger partial charge on any atom is -0.482 e. The highest BCUT2D eigenvalue weighted by atomic mass is 35.5. The second-order valence-electron chi connectivity index (χ2n) is 4.87. The van der Waals surface area contributed by atoms with Crippen molar-refractivity contribution in [3.05, 3.63) is 34.3 Å². The molecule has 0 radical (unpaired) electrons. The molecule has 0 aliphatic heterocycles. The van der Waals surface area contributed by atoms with Crippen molar-refractivity contribution in [2.24, 2.45) is 5.92 Å². The minimum absolute atomic E-state index is 0.122. The van der Waals surface area contributed by atoms with Gasteiger partial charge in [-0.2, -0.15) is 0 Å². The molecule has 1 heterocycles. The van der Waals surface area contributed by atoms with Gasteiger partial charge in [-0.05, 0) is 18.1 Å². The summed E-state index contributed by atoms with van der Waals surface area (Å²) in [6, 6.07) is 7.01. The largest absolute Gasteiger partial charge is 0.482 e. The number of rotatable bonds is 6. The van der Waals surface area contributed by atoms with Crippen molar-refractivity contribution in [2.45, 2.75) is 20.3 Å². The summed E-state index contributed by atoms with van der Waals surface area (Å²) in [5.41, 5.74) is 0. The molecule has 112 valence electrons. The van der Waals surface area contributed by atoms with Crippen LogP contribution in [0.5, 0.6) is 5.75 Å². The Morgan fingerprint density at radius 1 is 1.38 bits per heavy atom. The van der Waals surface area contributed by atoms with E-state index in [2.05, 4.69) is 29.4 Å². The Morgan fingerprint density at radius 3 is 2.86 bits per heavy atom. The fourth-order valence-corrected chi connectivity index (χ4v) is 2.75. The SMILES string of the molecule is CC(C)Cc1nnc(NC(=O)COc2ccccc2Cl)s1. The molecule has 2 rings (SSSR count). The molecule has 0 fully saturated rings. The van der Waals surface area contributed by atoms with Gasteiger partial charge in [-0.3, -0.25) is 10.1 Å². The van der Waals surface area contributed by atoms with Gasteiger partial charge in [0.15, 0.2) is 6.61 Å². The molecule has 2 aromatic rings. The first kappa shape index (κ1) is 15.7. The summed E-state index contributed by atoms with van der Waals surface area (Å²) in [7, 11) is 0. The van der Waals surface area contributed by atoms with E-state index < -0.39 is 0 Å². The maximum Gasteiger partial charge on any atom is 0.264 e. The molecule has 21 heavy (non-hydrogen) atoms. The summed E-state index contributed by atoms with van der Waals surface area (Å²) in [5.74, 6) is 0.694. The van der Waals surface area contributed by atoms with Crippen molar-refractivity contribution >= 4 is 34.0 Å². The number of amides is 1. The van der Waals surface area contributed by atoms with Crippen LogP contribution in [-0.2, 0) is 11.2 Å². The van der Waals surface area contributed by atoms with Crippen molar-refractivity contribution in [2.75, 3.05) is 11.9 Å². The van der Waals surface area contributed by atoms with Crippen molar-refractivity contribution in [1.82, 2.24) is 10.2 Å². The molecule has 1 N–H and O–H groups in total. The average Bonchev–Trinajstić information content (AvgIpc) is 2.84. The zero-order valence-electron chi connectivity index (χ0n) is 11.8. The van der Waals surface area contributed by atoms with Crippen molar-refractivity contribution in [3.63, 3.8) is 0 Å². The number of anilines is 1. The number of benzene rings is 1. The lowest BCUT2D eigenvalue weighted by Gasteiger charge is -2.06. The third-order valence-corrected chi connectivity index (χ3v) is 3.66. The topological polar surface area (TPSA) is 64.1 Å². The van der Waals surface area contributed by atoms with Crippen LogP contribution in [0.1, 0.15) is 18.9 Å². The number of carbonyl (C=O) groups is 1. The molecule has 0 atom stereocenters. The number of halogens is 1. The van der Waals surface area contributed by atoms with Crippen LogP contribution in [-0.4, -0.2) is 22.7 Å². The summed E-state index contributed by atoms with van der Waals surface area (Å²) < 4.78 is 5.35. The van der Waals surface area contributed by atoms with Crippen LogP contribution in [0.4, 0.5) is 5.13 Å². The lowest BCUT2D eigenvalue weighted by atomic mass is 10.1. The molecule has 1 amide bonds. The maximum absolute atomic E-state index is 11.8. The third-order valence-electron chi connectivity index (χ3n) is 2.49. The van der Waals surface area contributed by atoms with Crippen LogP contribution >= 0.6 is 22.9 Å². The summed E-state index contributed by atoms with van der Waals surface area (Å²) in [6.07, 6.45) is 0.851. The van der Waals surface area contributed by atoms with Crippen molar-refractivity contribution < 1.29 is 9.53 Å². The predicted molar refractivity (Wildman–Crippen MR) is 84.0 cm³/mol. The zero-order chi connectivity index (χ0) is 15.2. The highest BCUT2D eigenvalue weighted by Crippen LogP contribution is 2.23. The van der Waals surface area contributed by atoms with Gasteiger partial charge in [0.25, 0.3) is 5.91 Å². The van der Waals surface area contributed by atoms with Gasteiger partial charge in [0.1, 0.15) is 10.8 Å². The van der Waals surface area contributed by atoms with Crippen molar-refractivity contribution in [3.8, 4) is 5.75 Å². The first-order valence-electron chi connectivity index (χ1n) is 6.54. The van der Waals surface area contributed by atoms with Crippen LogP contribution in [0.3, 0.4) is 0 Å². The fourth-order valence-electron chi connectivity index (χ4n) is 1.60. The lowest BCUT2D eigenvalue weighted by Crippen LogP contribution is -2.20.